The maximum atomic E-state index is 14.2. The smallest absolute Gasteiger partial charge is 0.336 e. The molecule has 2 bridgehead atoms. The predicted molar refractivity (Wildman–Crippen MR) is 227 cm³/mol. The fraction of sp³-hybridized carbons (Fsp3) is 0.405. The molecule has 0 radical (unpaired) electrons. The Bertz CT molecular complexity index is 1930. The van der Waals surface area contributed by atoms with Crippen LogP contribution in [0.5, 0.6) is 0 Å². The van der Waals surface area contributed by atoms with Crippen molar-refractivity contribution in [2.45, 2.75) is 67.6 Å². The summed E-state index contributed by atoms with van der Waals surface area (Å²) in [6.07, 6.45) is 4.52. The quantitative estimate of drug-likeness (QED) is 0.162. The van der Waals surface area contributed by atoms with Gasteiger partial charge in [-0.1, -0.05) is 77.8 Å². The fourth-order valence-electron chi connectivity index (χ4n) is 8.82. The first-order valence-corrected chi connectivity index (χ1v) is 20.8. The zero-order valence-electron chi connectivity index (χ0n) is 31.9. The lowest BCUT2D eigenvalue weighted by atomic mass is 9.79. The molecule has 4 heterocycles. The van der Waals surface area contributed by atoms with Crippen molar-refractivity contribution in [1.82, 2.24) is 20.0 Å². The molecule has 3 saturated heterocycles. The molecule has 0 saturated carbocycles. The number of methoxy groups -OCH3 is 2. The van der Waals surface area contributed by atoms with Gasteiger partial charge in [-0.25, -0.2) is 9.59 Å². The van der Waals surface area contributed by atoms with Crippen LogP contribution < -0.4 is 5.32 Å². The molecule has 4 atom stereocenters. The van der Waals surface area contributed by atoms with Crippen molar-refractivity contribution in [2.24, 2.45) is 0 Å². The Morgan fingerprint density at radius 3 is 1.86 bits per heavy atom. The van der Waals surface area contributed by atoms with Crippen LogP contribution >= 0.6 is 48.0 Å². The Hall–Kier alpha value is -3.26. The summed E-state index contributed by atoms with van der Waals surface area (Å²) in [5.41, 5.74) is 2.13. The van der Waals surface area contributed by atoms with Gasteiger partial charge in [-0.2, -0.15) is 0 Å². The van der Waals surface area contributed by atoms with Crippen molar-refractivity contribution >= 4 is 77.0 Å². The zero-order valence-corrected chi connectivity index (χ0v) is 35.8. The van der Waals surface area contributed by atoms with Crippen LogP contribution in [-0.4, -0.2) is 101 Å². The number of piperazine rings is 1. The van der Waals surface area contributed by atoms with Crippen molar-refractivity contribution < 1.29 is 28.4 Å². The number of halogens is 4. The summed E-state index contributed by atoms with van der Waals surface area (Å²) < 4.78 is 24.3. The van der Waals surface area contributed by atoms with E-state index in [0.29, 0.717) is 36.1 Å². The summed E-state index contributed by atoms with van der Waals surface area (Å²) in [5.74, 6) is -3.03. The van der Waals surface area contributed by atoms with Crippen LogP contribution in [0.3, 0.4) is 0 Å². The zero-order chi connectivity index (χ0) is 38.6. The molecule has 4 aliphatic heterocycles. The minimum atomic E-state index is -1.62. The maximum absolute atomic E-state index is 14.2. The van der Waals surface area contributed by atoms with Crippen LogP contribution in [-0.2, 0) is 41.6 Å². The number of amides is 1. The van der Waals surface area contributed by atoms with E-state index in [-0.39, 0.29) is 81.0 Å². The molecule has 0 spiro atoms. The number of carbonyl (C=O) groups is 3. The normalized spacial score (nSPS) is 22.9. The largest absolute Gasteiger partial charge is 0.611 e. The van der Waals surface area contributed by atoms with Gasteiger partial charge in [0, 0.05) is 72.2 Å². The summed E-state index contributed by atoms with van der Waals surface area (Å²) >= 11 is 11.9. The first-order valence-electron chi connectivity index (χ1n) is 18.7. The van der Waals surface area contributed by atoms with Gasteiger partial charge in [0.15, 0.2) is 10.6 Å². The number of piperidine rings is 1. The van der Waals surface area contributed by atoms with Crippen molar-refractivity contribution in [1.29, 1.82) is 0 Å². The third-order valence-electron chi connectivity index (χ3n) is 11.5. The molecule has 10 nitrogen and oxygen atoms in total. The first-order chi connectivity index (χ1) is 26.7. The number of nitrogens with zero attached hydrogens (tertiary/aromatic N) is 3. The van der Waals surface area contributed by atoms with Gasteiger partial charge in [-0.05, 0) is 66.7 Å². The number of hydrogen-bond acceptors (Lipinski definition) is 9. The van der Waals surface area contributed by atoms with E-state index >= 15 is 0 Å². The molecule has 1 amide bonds. The molecular formula is C42H48Cl4N4O6S. The molecule has 1 N–H and O–H groups in total. The Labute approximate surface area is 359 Å². The van der Waals surface area contributed by atoms with Crippen LogP contribution in [0.15, 0.2) is 106 Å². The summed E-state index contributed by atoms with van der Waals surface area (Å²) in [6.45, 7) is 3.61. The number of ether oxygens (including phenoxy) is 2. The Morgan fingerprint density at radius 1 is 0.754 bits per heavy atom. The highest BCUT2D eigenvalue weighted by Gasteiger charge is 2.45. The summed E-state index contributed by atoms with van der Waals surface area (Å²) in [6, 6.07) is 26.0. The molecule has 0 aromatic heterocycles. The van der Waals surface area contributed by atoms with Crippen molar-refractivity contribution in [2.75, 3.05) is 46.2 Å². The highest BCUT2D eigenvalue weighted by Crippen LogP contribution is 2.46. The molecule has 0 aliphatic carbocycles. The van der Waals surface area contributed by atoms with Gasteiger partial charge in [-0.3, -0.25) is 14.6 Å². The maximum Gasteiger partial charge on any atom is 0.336 e. The number of hydrogen-bond donors (Lipinski definition) is 1. The monoisotopic (exact) mass is 876 g/mol. The number of rotatable bonds is 11. The van der Waals surface area contributed by atoms with Crippen LogP contribution in [0.2, 0.25) is 10.0 Å². The summed E-state index contributed by atoms with van der Waals surface area (Å²) in [7, 11) is 2.46. The molecule has 306 valence electrons. The molecule has 4 aliphatic rings. The van der Waals surface area contributed by atoms with Crippen LogP contribution in [0.1, 0.15) is 49.1 Å². The van der Waals surface area contributed by atoms with Crippen molar-refractivity contribution in [3.05, 3.63) is 123 Å². The van der Waals surface area contributed by atoms with Gasteiger partial charge in [0.2, 0.25) is 5.91 Å². The number of benzene rings is 3. The van der Waals surface area contributed by atoms with E-state index in [4.69, 9.17) is 32.7 Å². The highest BCUT2D eigenvalue weighted by atomic mass is 35.5. The van der Waals surface area contributed by atoms with Gasteiger partial charge >= 0.3 is 11.9 Å². The Morgan fingerprint density at radius 2 is 1.30 bits per heavy atom. The molecule has 15 heteroatoms. The molecule has 3 unspecified atom stereocenters. The highest BCUT2D eigenvalue weighted by molar-refractivity contribution is 7.91. The second kappa shape index (κ2) is 20.1. The van der Waals surface area contributed by atoms with Gasteiger partial charge in [0.25, 0.3) is 0 Å². The standard InChI is InChI=1S/C42H46Cl2N4O6S.2ClH/c1-53-41(50)38-34(24-36(49)47-20-18-46(19-21-47)30-22-28-16-17-29(23-30)48(28)25-27-10-5-3-6-11-27)45-35(26-55(52)31-12-7-4-8-13-31)39(42(51)54-2)40(38)37-32(43)14-9-15-33(37)44;;/h3-15,28-30,40,45H,16-26H2,1-2H3;2*1H/t28?,29?,30?,40-,55?;;/m0../s1. The van der Waals surface area contributed by atoms with Gasteiger partial charge in [0.05, 0.1) is 43.4 Å². The van der Waals surface area contributed by atoms with Gasteiger partial charge in [0.1, 0.15) is 0 Å². The lowest BCUT2D eigenvalue weighted by Crippen LogP contribution is -2.56. The predicted octanol–water partition coefficient (Wildman–Crippen LogP) is 6.92. The molecule has 3 fully saturated rings. The number of dihydropyridines is 1. The minimum Gasteiger partial charge on any atom is -0.611 e. The van der Waals surface area contributed by atoms with Crippen LogP contribution in [0.4, 0.5) is 0 Å². The summed E-state index contributed by atoms with van der Waals surface area (Å²) in [4.78, 5) is 49.3. The van der Waals surface area contributed by atoms with Gasteiger partial charge < -0.3 is 24.2 Å². The Kier molecular flexibility index (Phi) is 15.8. The van der Waals surface area contributed by atoms with E-state index in [9.17, 15) is 18.9 Å². The van der Waals surface area contributed by atoms with E-state index in [1.54, 1.807) is 42.5 Å². The average Bonchev–Trinajstić information content (AvgIpc) is 3.42. The minimum absolute atomic E-state index is 0. The third-order valence-corrected chi connectivity index (χ3v) is 13.5. The van der Waals surface area contributed by atoms with E-state index in [2.05, 4.69) is 45.4 Å². The first kappa shape index (κ1) is 44.8. The molecular weight excluding hydrogens is 830 g/mol. The summed E-state index contributed by atoms with van der Waals surface area (Å²) in [5, 5.41) is 3.61. The molecule has 57 heavy (non-hydrogen) atoms. The molecule has 3 aromatic carbocycles. The lowest BCUT2D eigenvalue weighted by molar-refractivity contribution is -0.137. The number of nitrogens with one attached hydrogen (secondary N) is 1. The van der Waals surface area contributed by atoms with Crippen LogP contribution in [0.25, 0.3) is 0 Å². The topological polar surface area (TPSA) is 114 Å². The number of esters is 2. The number of carbonyl (C=O) groups excluding carboxylic acids is 3. The molecule has 7 rings (SSSR count). The van der Waals surface area contributed by atoms with E-state index in [1.807, 2.05) is 11.0 Å². The van der Waals surface area contributed by atoms with Crippen molar-refractivity contribution in [3.63, 3.8) is 0 Å². The van der Waals surface area contributed by atoms with E-state index in [1.165, 1.54) is 32.6 Å². The average molecular weight is 879 g/mol. The Balaban J connectivity index is 0.00000310. The molecule has 3 aromatic rings. The second-order valence-electron chi connectivity index (χ2n) is 14.5. The number of fused-ring (bicyclic) bond motifs is 2. The van der Waals surface area contributed by atoms with E-state index < -0.39 is 29.0 Å². The van der Waals surface area contributed by atoms with E-state index in [0.717, 1.165) is 32.5 Å². The van der Waals surface area contributed by atoms with Gasteiger partial charge in [-0.15, -0.1) is 24.8 Å². The second-order valence-corrected chi connectivity index (χ2v) is 16.8. The lowest BCUT2D eigenvalue weighted by Gasteiger charge is -2.46. The SMILES string of the molecule is COC(=O)C1=C(CC(=O)N2CCN(C3CC4CCC(C3)N4Cc3ccccc3)CC2)NC(C[S+]([O-])c2ccccc2)=C(C(=O)OC)[C@H]1c1c(Cl)cccc1Cl.Cl.Cl. The van der Waals surface area contributed by atoms with Crippen molar-refractivity contribution in [3.8, 4) is 0 Å². The third kappa shape index (κ3) is 9.79. The van der Waals surface area contributed by atoms with Crippen LogP contribution in [0, 0.1) is 0 Å². The fourth-order valence-corrected chi connectivity index (χ4v) is 10.6.